The zero-order valence-electron chi connectivity index (χ0n) is 7.18. The smallest absolute Gasteiger partial charge is 0.0403 e. The molecular weight excluding hydrogens is 227 g/mol. The topological polar surface area (TPSA) is 38.9 Å². The van der Waals surface area contributed by atoms with Crippen LogP contribution in [0.5, 0.6) is 0 Å². The predicted molar refractivity (Wildman–Crippen MR) is 63.1 cm³/mol. The van der Waals surface area contributed by atoms with Crippen molar-refractivity contribution in [2.24, 2.45) is 5.73 Å². The first-order chi connectivity index (χ1) is 5.43. The minimum Gasteiger partial charge on any atom is -0.330 e. The highest BCUT2D eigenvalue weighted by Gasteiger charge is 1.90. The van der Waals surface area contributed by atoms with Crippen LogP contribution in [0.4, 0.5) is 0 Å². The van der Waals surface area contributed by atoms with Crippen LogP contribution in [0.3, 0.4) is 0 Å². The van der Waals surface area contributed by atoms with Crippen LogP contribution in [0.25, 0.3) is 0 Å². The van der Waals surface area contributed by atoms with Gasteiger partial charge < -0.3 is 5.73 Å². The largest absolute Gasteiger partial charge is 0.330 e. The van der Waals surface area contributed by atoms with Crippen molar-refractivity contribution >= 4 is 36.6 Å². The lowest BCUT2D eigenvalue weighted by molar-refractivity contribution is 0.942. The van der Waals surface area contributed by atoms with E-state index in [2.05, 4.69) is 11.1 Å². The number of hydrogen-bond acceptors (Lipinski definition) is 3. The fourth-order valence-electron chi connectivity index (χ4n) is 0.706. The van der Waals surface area contributed by atoms with Crippen molar-refractivity contribution in [2.75, 3.05) is 12.3 Å². The van der Waals surface area contributed by atoms with Crippen LogP contribution in [0.1, 0.15) is 6.42 Å². The zero-order chi connectivity index (χ0) is 7.94. The monoisotopic (exact) mass is 240 g/mol. The molecule has 1 aromatic rings. The lowest BCUT2D eigenvalue weighted by atomic mass is 10.5. The molecule has 0 aliphatic heterocycles. The summed E-state index contributed by atoms with van der Waals surface area (Å²) in [5.41, 5.74) is 5.36. The Kier molecular flexibility index (Phi) is 12.1. The number of nitrogens with zero attached hydrogens (tertiary/aromatic N) is 1. The number of aromatic nitrogens is 1. The van der Waals surface area contributed by atoms with Gasteiger partial charge >= 0.3 is 0 Å². The van der Waals surface area contributed by atoms with E-state index in [1.165, 1.54) is 4.90 Å². The summed E-state index contributed by atoms with van der Waals surface area (Å²) in [6.07, 6.45) is 4.73. The van der Waals surface area contributed by atoms with E-state index in [9.17, 15) is 0 Å². The van der Waals surface area contributed by atoms with E-state index in [0.717, 1.165) is 18.7 Å². The first-order valence-corrected chi connectivity index (χ1v) is 4.65. The normalized spacial score (nSPS) is 8.38. The molecule has 0 atom stereocenters. The van der Waals surface area contributed by atoms with Gasteiger partial charge in [-0.25, -0.2) is 0 Å². The van der Waals surface area contributed by atoms with Gasteiger partial charge in [0.15, 0.2) is 0 Å². The molecule has 1 aromatic heterocycles. The second-order valence-corrected chi connectivity index (χ2v) is 3.35. The molecule has 2 N–H and O–H groups in total. The average Bonchev–Trinajstić information content (AvgIpc) is 2.07. The molecule has 0 radical (unpaired) electrons. The van der Waals surface area contributed by atoms with E-state index in [1.807, 2.05) is 12.3 Å². The van der Waals surface area contributed by atoms with E-state index in [0.29, 0.717) is 0 Å². The fraction of sp³-hybridized carbons (Fsp3) is 0.375. The third kappa shape index (κ3) is 7.14. The van der Waals surface area contributed by atoms with Gasteiger partial charge in [-0.1, -0.05) is 0 Å². The summed E-state index contributed by atoms with van der Waals surface area (Å²) in [4.78, 5) is 5.23. The Morgan fingerprint density at radius 2 is 2.15 bits per heavy atom. The molecule has 0 bridgehead atoms. The van der Waals surface area contributed by atoms with Gasteiger partial charge in [0.1, 0.15) is 0 Å². The van der Waals surface area contributed by atoms with Gasteiger partial charge in [0.2, 0.25) is 0 Å². The summed E-state index contributed by atoms with van der Waals surface area (Å²) in [5.74, 6) is 1.09. The van der Waals surface area contributed by atoms with Gasteiger partial charge in [-0.3, -0.25) is 4.98 Å². The van der Waals surface area contributed by atoms with Crippen LogP contribution in [0, 0.1) is 0 Å². The molecule has 5 heteroatoms. The molecule has 1 heterocycles. The maximum absolute atomic E-state index is 5.36. The molecule has 0 fully saturated rings. The number of rotatable bonds is 4. The summed E-state index contributed by atoms with van der Waals surface area (Å²) in [5, 5.41) is 0. The molecule has 2 nitrogen and oxygen atoms in total. The number of pyridine rings is 1. The van der Waals surface area contributed by atoms with E-state index in [4.69, 9.17) is 5.73 Å². The molecule has 1 rings (SSSR count). The Balaban J connectivity index is 0. The van der Waals surface area contributed by atoms with Gasteiger partial charge in [0.25, 0.3) is 0 Å². The summed E-state index contributed by atoms with van der Waals surface area (Å²) in [7, 11) is 0. The Labute approximate surface area is 95.5 Å². The maximum Gasteiger partial charge on any atom is 0.0403 e. The van der Waals surface area contributed by atoms with Gasteiger partial charge in [-0.15, -0.1) is 36.6 Å². The summed E-state index contributed by atoms with van der Waals surface area (Å²) < 4.78 is 0. The van der Waals surface area contributed by atoms with E-state index >= 15 is 0 Å². The second kappa shape index (κ2) is 10.1. The van der Waals surface area contributed by atoms with Crippen LogP contribution in [-0.2, 0) is 0 Å². The van der Waals surface area contributed by atoms with Crippen molar-refractivity contribution in [3.05, 3.63) is 24.5 Å². The molecule has 0 aliphatic carbocycles. The van der Waals surface area contributed by atoms with E-state index in [-0.39, 0.29) is 24.8 Å². The maximum atomic E-state index is 5.36. The molecule has 0 aliphatic rings. The molecule has 13 heavy (non-hydrogen) atoms. The standard InChI is InChI=1S/C8H12N2S.2ClH/c9-4-2-6-11-8-3-1-5-10-7-8;;/h1,3,5,7H,2,4,6,9H2;2*1H. The predicted octanol–water partition coefficient (Wildman–Crippen LogP) is 2.37. The summed E-state index contributed by atoms with van der Waals surface area (Å²) in [6.45, 7) is 0.771. The van der Waals surface area contributed by atoms with Crippen molar-refractivity contribution in [1.82, 2.24) is 4.98 Å². The van der Waals surface area contributed by atoms with Crippen molar-refractivity contribution in [3.63, 3.8) is 0 Å². The summed E-state index contributed by atoms with van der Waals surface area (Å²) >= 11 is 1.80. The number of nitrogens with two attached hydrogens (primary N) is 1. The molecule has 0 saturated carbocycles. The third-order valence-corrected chi connectivity index (χ3v) is 2.32. The highest BCUT2D eigenvalue weighted by molar-refractivity contribution is 7.99. The van der Waals surface area contributed by atoms with Crippen LogP contribution >= 0.6 is 36.6 Å². The SMILES string of the molecule is Cl.Cl.NCCCSc1cccnc1. The Morgan fingerprint density at radius 3 is 2.69 bits per heavy atom. The molecule has 0 amide bonds. The van der Waals surface area contributed by atoms with Crippen LogP contribution in [0.2, 0.25) is 0 Å². The number of halogens is 2. The lowest BCUT2D eigenvalue weighted by Gasteiger charge is -1.97. The van der Waals surface area contributed by atoms with Crippen molar-refractivity contribution < 1.29 is 0 Å². The zero-order valence-corrected chi connectivity index (χ0v) is 9.63. The van der Waals surface area contributed by atoms with Crippen LogP contribution in [0.15, 0.2) is 29.4 Å². The molecule has 76 valence electrons. The van der Waals surface area contributed by atoms with Crippen LogP contribution in [-0.4, -0.2) is 17.3 Å². The lowest BCUT2D eigenvalue weighted by Crippen LogP contribution is -1.99. The minimum absolute atomic E-state index is 0. The first kappa shape index (κ1) is 15.5. The van der Waals surface area contributed by atoms with Gasteiger partial charge in [0.05, 0.1) is 0 Å². The molecule has 0 saturated heterocycles. The van der Waals surface area contributed by atoms with Gasteiger partial charge in [-0.2, -0.15) is 0 Å². The van der Waals surface area contributed by atoms with Crippen molar-refractivity contribution in [2.45, 2.75) is 11.3 Å². The highest BCUT2D eigenvalue weighted by Crippen LogP contribution is 2.15. The number of thioether (sulfide) groups is 1. The van der Waals surface area contributed by atoms with Crippen LogP contribution < -0.4 is 5.73 Å². The first-order valence-electron chi connectivity index (χ1n) is 3.66. The van der Waals surface area contributed by atoms with E-state index in [1.54, 1.807) is 18.0 Å². The average molecular weight is 241 g/mol. The quantitative estimate of drug-likeness (QED) is 0.649. The fourth-order valence-corrected chi connectivity index (χ4v) is 1.56. The Bertz CT molecular complexity index is 197. The molecule has 0 spiro atoms. The minimum atomic E-state index is 0. The van der Waals surface area contributed by atoms with E-state index < -0.39 is 0 Å². The molecular formula is C8H14Cl2N2S. The van der Waals surface area contributed by atoms with Gasteiger partial charge in [0, 0.05) is 17.3 Å². The van der Waals surface area contributed by atoms with Gasteiger partial charge in [-0.05, 0) is 30.9 Å². The highest BCUT2D eigenvalue weighted by atomic mass is 35.5. The van der Waals surface area contributed by atoms with Crippen molar-refractivity contribution in [3.8, 4) is 0 Å². The Morgan fingerprint density at radius 1 is 1.38 bits per heavy atom. The molecule has 0 aromatic carbocycles. The van der Waals surface area contributed by atoms with Crippen molar-refractivity contribution in [1.29, 1.82) is 0 Å². The molecule has 0 unspecified atom stereocenters. The third-order valence-electron chi connectivity index (χ3n) is 1.25. The number of hydrogen-bond donors (Lipinski definition) is 1. The summed E-state index contributed by atoms with van der Waals surface area (Å²) in [6, 6.07) is 4.01. The second-order valence-electron chi connectivity index (χ2n) is 2.18. The Hall–Kier alpha value is 0.0400.